The van der Waals surface area contributed by atoms with E-state index in [-0.39, 0.29) is 11.9 Å². The van der Waals surface area contributed by atoms with E-state index in [0.29, 0.717) is 5.69 Å². The Morgan fingerprint density at radius 2 is 1.88 bits per heavy atom. The van der Waals surface area contributed by atoms with Gasteiger partial charge in [0.2, 0.25) is 0 Å². The SMILES string of the molecule is C[C@@H](N)c1cccc(F)c1N(C)CCN(C)C. The van der Waals surface area contributed by atoms with Crippen LogP contribution in [-0.2, 0) is 0 Å². The average molecular weight is 239 g/mol. The standard InChI is InChI=1S/C13H22FN3/c1-10(15)11-6-5-7-12(14)13(11)17(4)9-8-16(2)3/h5-7,10H,8-9,15H2,1-4H3/t10-/m1/s1. The Labute approximate surface area is 103 Å². The molecule has 96 valence electrons. The maximum absolute atomic E-state index is 13.9. The van der Waals surface area contributed by atoms with Crippen molar-refractivity contribution in [1.82, 2.24) is 4.90 Å². The van der Waals surface area contributed by atoms with Gasteiger partial charge in [0.05, 0.1) is 5.69 Å². The Balaban J connectivity index is 2.94. The molecule has 0 aromatic heterocycles. The molecule has 0 unspecified atom stereocenters. The normalized spacial score (nSPS) is 12.9. The summed E-state index contributed by atoms with van der Waals surface area (Å²) in [4.78, 5) is 4.00. The number of anilines is 1. The van der Waals surface area contributed by atoms with E-state index in [9.17, 15) is 4.39 Å². The van der Waals surface area contributed by atoms with Crippen LogP contribution in [0.5, 0.6) is 0 Å². The van der Waals surface area contributed by atoms with Gasteiger partial charge in [-0.3, -0.25) is 0 Å². The molecule has 0 radical (unpaired) electrons. The zero-order valence-corrected chi connectivity index (χ0v) is 11.1. The van der Waals surface area contributed by atoms with Crippen LogP contribution < -0.4 is 10.6 Å². The summed E-state index contributed by atoms with van der Waals surface area (Å²) in [6.07, 6.45) is 0. The van der Waals surface area contributed by atoms with Crippen molar-refractivity contribution in [2.45, 2.75) is 13.0 Å². The van der Waals surface area contributed by atoms with Gasteiger partial charge in [0.1, 0.15) is 5.82 Å². The van der Waals surface area contributed by atoms with Crippen molar-refractivity contribution in [2.75, 3.05) is 39.1 Å². The van der Waals surface area contributed by atoms with E-state index in [2.05, 4.69) is 4.90 Å². The maximum Gasteiger partial charge on any atom is 0.146 e. The summed E-state index contributed by atoms with van der Waals surface area (Å²) in [7, 11) is 5.90. The number of para-hydroxylation sites is 1. The van der Waals surface area contributed by atoms with Gasteiger partial charge in [-0.05, 0) is 32.6 Å². The van der Waals surface area contributed by atoms with Crippen molar-refractivity contribution >= 4 is 5.69 Å². The molecule has 0 heterocycles. The highest BCUT2D eigenvalue weighted by molar-refractivity contribution is 5.55. The molecule has 4 heteroatoms. The van der Waals surface area contributed by atoms with E-state index in [1.165, 1.54) is 6.07 Å². The largest absolute Gasteiger partial charge is 0.371 e. The summed E-state index contributed by atoms with van der Waals surface area (Å²) < 4.78 is 13.9. The molecule has 0 aliphatic carbocycles. The highest BCUT2D eigenvalue weighted by Crippen LogP contribution is 2.27. The van der Waals surface area contributed by atoms with Crippen molar-refractivity contribution in [3.63, 3.8) is 0 Å². The molecule has 0 aliphatic heterocycles. The molecule has 1 rings (SSSR count). The fourth-order valence-corrected chi connectivity index (χ4v) is 1.76. The lowest BCUT2D eigenvalue weighted by molar-refractivity contribution is 0.415. The number of likely N-dealkylation sites (N-methyl/N-ethyl adjacent to an activating group) is 2. The van der Waals surface area contributed by atoms with Crippen LogP contribution in [0.15, 0.2) is 18.2 Å². The Hall–Kier alpha value is -1.13. The summed E-state index contributed by atoms with van der Waals surface area (Å²) in [5.41, 5.74) is 7.34. The molecular weight excluding hydrogens is 217 g/mol. The average Bonchev–Trinajstić information content (AvgIpc) is 2.25. The minimum Gasteiger partial charge on any atom is -0.371 e. The fraction of sp³-hybridized carbons (Fsp3) is 0.538. The smallest absolute Gasteiger partial charge is 0.146 e. The molecule has 1 atom stereocenters. The number of nitrogens with zero attached hydrogens (tertiary/aromatic N) is 2. The van der Waals surface area contributed by atoms with Gasteiger partial charge in [-0.1, -0.05) is 12.1 Å². The van der Waals surface area contributed by atoms with E-state index >= 15 is 0 Å². The molecule has 0 amide bonds. The van der Waals surface area contributed by atoms with Gasteiger partial charge < -0.3 is 15.5 Å². The first-order chi connectivity index (χ1) is 7.93. The summed E-state index contributed by atoms with van der Waals surface area (Å²) in [5.74, 6) is -0.207. The summed E-state index contributed by atoms with van der Waals surface area (Å²) in [5, 5.41) is 0. The Bertz CT molecular complexity index is 364. The van der Waals surface area contributed by atoms with Gasteiger partial charge in [-0.15, -0.1) is 0 Å². The molecule has 3 nitrogen and oxygen atoms in total. The van der Waals surface area contributed by atoms with Gasteiger partial charge >= 0.3 is 0 Å². The second-order valence-electron chi connectivity index (χ2n) is 4.69. The first kappa shape index (κ1) is 13.9. The van der Waals surface area contributed by atoms with Crippen LogP contribution in [0, 0.1) is 5.82 Å². The van der Waals surface area contributed by atoms with E-state index in [0.717, 1.165) is 18.7 Å². The van der Waals surface area contributed by atoms with Gasteiger partial charge in [0, 0.05) is 26.2 Å². The Morgan fingerprint density at radius 1 is 1.24 bits per heavy atom. The number of halogens is 1. The number of rotatable bonds is 5. The van der Waals surface area contributed by atoms with E-state index in [1.807, 2.05) is 39.0 Å². The maximum atomic E-state index is 13.9. The van der Waals surface area contributed by atoms with Crippen molar-refractivity contribution in [3.8, 4) is 0 Å². The third kappa shape index (κ3) is 3.68. The molecule has 0 fully saturated rings. The molecule has 0 spiro atoms. The zero-order chi connectivity index (χ0) is 13.0. The topological polar surface area (TPSA) is 32.5 Å². The molecule has 0 bridgehead atoms. The lowest BCUT2D eigenvalue weighted by atomic mass is 10.1. The summed E-state index contributed by atoms with van der Waals surface area (Å²) in [6, 6.07) is 4.91. The van der Waals surface area contributed by atoms with Gasteiger partial charge in [-0.25, -0.2) is 4.39 Å². The summed E-state index contributed by atoms with van der Waals surface area (Å²) in [6.45, 7) is 3.52. The van der Waals surface area contributed by atoms with Crippen LogP contribution in [0.2, 0.25) is 0 Å². The molecule has 17 heavy (non-hydrogen) atoms. The van der Waals surface area contributed by atoms with Crippen LogP contribution in [-0.4, -0.2) is 39.1 Å². The van der Waals surface area contributed by atoms with E-state index in [4.69, 9.17) is 5.73 Å². The van der Waals surface area contributed by atoms with E-state index in [1.54, 1.807) is 6.07 Å². The molecule has 0 saturated heterocycles. The Morgan fingerprint density at radius 3 is 2.41 bits per heavy atom. The molecule has 1 aromatic rings. The van der Waals surface area contributed by atoms with Crippen LogP contribution in [0.25, 0.3) is 0 Å². The van der Waals surface area contributed by atoms with Crippen LogP contribution >= 0.6 is 0 Å². The number of hydrogen-bond acceptors (Lipinski definition) is 3. The first-order valence-electron chi connectivity index (χ1n) is 5.83. The molecular formula is C13H22FN3. The minimum absolute atomic E-state index is 0.164. The van der Waals surface area contributed by atoms with Crippen molar-refractivity contribution in [2.24, 2.45) is 5.73 Å². The fourth-order valence-electron chi connectivity index (χ4n) is 1.76. The van der Waals surface area contributed by atoms with E-state index < -0.39 is 0 Å². The summed E-state index contributed by atoms with van der Waals surface area (Å²) >= 11 is 0. The highest BCUT2D eigenvalue weighted by atomic mass is 19.1. The van der Waals surface area contributed by atoms with Gasteiger partial charge in [0.15, 0.2) is 0 Å². The third-order valence-electron chi connectivity index (χ3n) is 2.77. The lowest BCUT2D eigenvalue weighted by Gasteiger charge is -2.25. The van der Waals surface area contributed by atoms with Gasteiger partial charge in [-0.2, -0.15) is 0 Å². The van der Waals surface area contributed by atoms with Crippen LogP contribution in [0.1, 0.15) is 18.5 Å². The first-order valence-corrected chi connectivity index (χ1v) is 5.83. The second-order valence-corrected chi connectivity index (χ2v) is 4.69. The third-order valence-corrected chi connectivity index (χ3v) is 2.77. The molecule has 0 aliphatic rings. The molecule has 1 aromatic carbocycles. The van der Waals surface area contributed by atoms with Crippen molar-refractivity contribution in [3.05, 3.63) is 29.6 Å². The highest BCUT2D eigenvalue weighted by Gasteiger charge is 2.15. The minimum atomic E-state index is -0.207. The molecule has 0 saturated carbocycles. The van der Waals surface area contributed by atoms with Crippen LogP contribution in [0.3, 0.4) is 0 Å². The number of benzene rings is 1. The van der Waals surface area contributed by atoms with Crippen molar-refractivity contribution < 1.29 is 4.39 Å². The zero-order valence-electron chi connectivity index (χ0n) is 11.1. The monoisotopic (exact) mass is 239 g/mol. The number of nitrogens with two attached hydrogens (primary N) is 1. The lowest BCUT2D eigenvalue weighted by Crippen LogP contribution is -2.30. The second kappa shape index (κ2) is 5.98. The quantitative estimate of drug-likeness (QED) is 0.851. The number of hydrogen-bond donors (Lipinski definition) is 1. The van der Waals surface area contributed by atoms with Crippen LogP contribution in [0.4, 0.5) is 10.1 Å². The Kier molecular flexibility index (Phi) is 4.90. The molecule has 2 N–H and O–H groups in total. The van der Waals surface area contributed by atoms with Gasteiger partial charge in [0.25, 0.3) is 0 Å². The van der Waals surface area contributed by atoms with Crippen molar-refractivity contribution in [1.29, 1.82) is 0 Å². The predicted molar refractivity (Wildman–Crippen MR) is 70.8 cm³/mol. The predicted octanol–water partition coefficient (Wildman–Crippen LogP) is 1.84.